The lowest BCUT2D eigenvalue weighted by Crippen LogP contribution is -2.33. The summed E-state index contributed by atoms with van der Waals surface area (Å²) in [5.74, 6) is -0.140. The van der Waals surface area contributed by atoms with E-state index in [-0.39, 0.29) is 5.97 Å². The van der Waals surface area contributed by atoms with Crippen molar-refractivity contribution in [3.8, 4) is 0 Å². The largest absolute Gasteiger partial charge is 0.465 e. The molecule has 0 fully saturated rings. The Hall–Kier alpha value is -1.31. The molecule has 2 nitrogen and oxygen atoms in total. The van der Waals surface area contributed by atoms with Gasteiger partial charge in [-0.05, 0) is 25.8 Å². The molecule has 2 heteroatoms. The highest BCUT2D eigenvalue weighted by atomic mass is 16.5. The van der Waals surface area contributed by atoms with E-state index in [0.29, 0.717) is 6.61 Å². The molecule has 0 saturated carbocycles. The molecule has 0 heterocycles. The molecule has 0 spiro atoms. The number of hydrogen-bond acceptors (Lipinski definition) is 2. The summed E-state index contributed by atoms with van der Waals surface area (Å²) < 4.78 is 5.11. The molecule has 0 amide bonds. The second-order valence-electron chi connectivity index (χ2n) is 3.77. The fourth-order valence-corrected chi connectivity index (χ4v) is 1.56. The number of carbonyl (C=O) groups excluding carboxylic acids is 1. The van der Waals surface area contributed by atoms with Crippen LogP contribution >= 0.6 is 0 Å². The van der Waals surface area contributed by atoms with Gasteiger partial charge in [0.2, 0.25) is 0 Å². The highest BCUT2D eigenvalue weighted by Crippen LogP contribution is 2.28. The first-order valence-electron chi connectivity index (χ1n) is 5.38. The number of rotatable bonds is 4. The van der Waals surface area contributed by atoms with Crippen molar-refractivity contribution in [2.75, 3.05) is 6.61 Å². The Bertz CT molecular complexity index is 319. The van der Waals surface area contributed by atoms with Crippen molar-refractivity contribution in [1.29, 1.82) is 0 Å². The van der Waals surface area contributed by atoms with Crippen molar-refractivity contribution in [2.24, 2.45) is 0 Å². The van der Waals surface area contributed by atoms with E-state index >= 15 is 0 Å². The predicted octanol–water partition coefficient (Wildman–Crippen LogP) is 2.92. The van der Waals surface area contributed by atoms with Gasteiger partial charge >= 0.3 is 5.97 Å². The van der Waals surface area contributed by atoms with Crippen molar-refractivity contribution >= 4 is 5.97 Å². The van der Waals surface area contributed by atoms with Gasteiger partial charge in [0.1, 0.15) is 0 Å². The fraction of sp³-hybridized carbons (Fsp3) is 0.462. The molecule has 0 aliphatic rings. The number of hydrogen-bond donors (Lipinski definition) is 0. The van der Waals surface area contributed by atoms with Crippen molar-refractivity contribution in [2.45, 2.75) is 32.6 Å². The van der Waals surface area contributed by atoms with E-state index < -0.39 is 5.41 Å². The summed E-state index contributed by atoms with van der Waals surface area (Å²) in [5.41, 5.74) is 0.503. The van der Waals surface area contributed by atoms with Crippen LogP contribution in [0.25, 0.3) is 0 Å². The van der Waals surface area contributed by atoms with Crippen molar-refractivity contribution in [3.05, 3.63) is 35.9 Å². The Morgan fingerprint density at radius 2 is 1.87 bits per heavy atom. The molecule has 15 heavy (non-hydrogen) atoms. The molecule has 1 aromatic carbocycles. The molecule has 1 aromatic rings. The van der Waals surface area contributed by atoms with Crippen LogP contribution in [0, 0.1) is 0 Å². The SMILES string of the molecule is CCOC(=O)C(C)(CC)c1ccccc1. The van der Waals surface area contributed by atoms with Gasteiger partial charge in [-0.3, -0.25) is 4.79 Å². The maximum absolute atomic E-state index is 11.9. The van der Waals surface area contributed by atoms with Crippen LogP contribution in [0.2, 0.25) is 0 Å². The molecule has 0 bridgehead atoms. The van der Waals surface area contributed by atoms with Crippen LogP contribution in [0.4, 0.5) is 0 Å². The summed E-state index contributed by atoms with van der Waals surface area (Å²) in [6, 6.07) is 9.79. The van der Waals surface area contributed by atoms with E-state index in [0.717, 1.165) is 12.0 Å². The minimum Gasteiger partial charge on any atom is -0.465 e. The van der Waals surface area contributed by atoms with Crippen molar-refractivity contribution in [1.82, 2.24) is 0 Å². The van der Waals surface area contributed by atoms with E-state index in [2.05, 4.69) is 0 Å². The first-order chi connectivity index (χ1) is 7.15. The minimum absolute atomic E-state index is 0.140. The smallest absolute Gasteiger partial charge is 0.316 e. The van der Waals surface area contributed by atoms with Gasteiger partial charge in [0.15, 0.2) is 0 Å². The molecule has 0 radical (unpaired) electrons. The zero-order chi connectivity index (χ0) is 11.3. The van der Waals surface area contributed by atoms with E-state index in [9.17, 15) is 4.79 Å². The quantitative estimate of drug-likeness (QED) is 0.708. The van der Waals surface area contributed by atoms with Gasteiger partial charge in [-0.2, -0.15) is 0 Å². The second kappa shape index (κ2) is 4.96. The maximum Gasteiger partial charge on any atom is 0.316 e. The van der Waals surface area contributed by atoms with Gasteiger partial charge in [-0.1, -0.05) is 37.3 Å². The molecular formula is C13H18O2. The van der Waals surface area contributed by atoms with E-state index in [1.807, 2.05) is 51.1 Å². The monoisotopic (exact) mass is 206 g/mol. The average Bonchev–Trinajstić information content (AvgIpc) is 2.29. The molecule has 82 valence electrons. The van der Waals surface area contributed by atoms with Gasteiger partial charge in [0.05, 0.1) is 12.0 Å². The van der Waals surface area contributed by atoms with E-state index in [1.54, 1.807) is 0 Å². The standard InChI is InChI=1S/C13H18O2/c1-4-13(3,12(14)15-5-2)11-9-7-6-8-10-11/h6-10H,4-5H2,1-3H3. The molecule has 1 unspecified atom stereocenters. The lowest BCUT2D eigenvalue weighted by atomic mass is 9.80. The van der Waals surface area contributed by atoms with Gasteiger partial charge in [-0.15, -0.1) is 0 Å². The zero-order valence-corrected chi connectivity index (χ0v) is 9.62. The Balaban J connectivity index is 3.00. The molecular weight excluding hydrogens is 188 g/mol. The average molecular weight is 206 g/mol. The van der Waals surface area contributed by atoms with Crippen LogP contribution in [-0.2, 0) is 14.9 Å². The Labute approximate surface area is 91.3 Å². The summed E-state index contributed by atoms with van der Waals surface area (Å²) in [6.07, 6.45) is 0.746. The van der Waals surface area contributed by atoms with Crippen molar-refractivity contribution in [3.63, 3.8) is 0 Å². The Morgan fingerprint density at radius 1 is 1.27 bits per heavy atom. The van der Waals surface area contributed by atoms with Crippen LogP contribution in [0.3, 0.4) is 0 Å². The van der Waals surface area contributed by atoms with Gasteiger partial charge in [0.25, 0.3) is 0 Å². The van der Waals surface area contributed by atoms with Gasteiger partial charge < -0.3 is 4.74 Å². The lowest BCUT2D eigenvalue weighted by Gasteiger charge is -2.26. The van der Waals surface area contributed by atoms with Crippen LogP contribution in [0.5, 0.6) is 0 Å². The Kier molecular flexibility index (Phi) is 3.89. The minimum atomic E-state index is -0.517. The van der Waals surface area contributed by atoms with Crippen LogP contribution in [0.15, 0.2) is 30.3 Å². The second-order valence-corrected chi connectivity index (χ2v) is 3.77. The van der Waals surface area contributed by atoms with Crippen LogP contribution < -0.4 is 0 Å². The maximum atomic E-state index is 11.9. The summed E-state index contributed by atoms with van der Waals surface area (Å²) in [5, 5.41) is 0. The van der Waals surface area contributed by atoms with E-state index in [1.165, 1.54) is 0 Å². The zero-order valence-electron chi connectivity index (χ0n) is 9.62. The molecule has 0 aromatic heterocycles. The van der Waals surface area contributed by atoms with Gasteiger partial charge in [0, 0.05) is 0 Å². The lowest BCUT2D eigenvalue weighted by molar-refractivity contribution is -0.149. The van der Waals surface area contributed by atoms with E-state index in [4.69, 9.17) is 4.74 Å². The molecule has 0 N–H and O–H groups in total. The normalized spacial score (nSPS) is 14.3. The molecule has 0 aliphatic carbocycles. The number of carbonyl (C=O) groups is 1. The number of ether oxygens (including phenoxy) is 1. The first kappa shape index (κ1) is 11.8. The van der Waals surface area contributed by atoms with Crippen molar-refractivity contribution < 1.29 is 9.53 Å². The summed E-state index contributed by atoms with van der Waals surface area (Å²) >= 11 is 0. The molecule has 0 aliphatic heterocycles. The highest BCUT2D eigenvalue weighted by Gasteiger charge is 2.34. The van der Waals surface area contributed by atoms with Crippen LogP contribution in [-0.4, -0.2) is 12.6 Å². The topological polar surface area (TPSA) is 26.3 Å². The van der Waals surface area contributed by atoms with Crippen LogP contribution in [0.1, 0.15) is 32.8 Å². The highest BCUT2D eigenvalue weighted by molar-refractivity contribution is 5.82. The molecule has 1 rings (SSSR count). The third-order valence-electron chi connectivity index (χ3n) is 2.84. The van der Waals surface area contributed by atoms with Gasteiger partial charge in [-0.25, -0.2) is 0 Å². The molecule has 1 atom stereocenters. The Morgan fingerprint density at radius 3 is 2.33 bits per heavy atom. The number of esters is 1. The third-order valence-corrected chi connectivity index (χ3v) is 2.84. The third kappa shape index (κ3) is 2.38. The first-order valence-corrected chi connectivity index (χ1v) is 5.38. The number of benzene rings is 1. The summed E-state index contributed by atoms with van der Waals surface area (Å²) in [7, 11) is 0. The summed E-state index contributed by atoms with van der Waals surface area (Å²) in [4.78, 5) is 11.9. The predicted molar refractivity (Wildman–Crippen MR) is 60.7 cm³/mol. The molecule has 0 saturated heterocycles. The fourth-order valence-electron chi connectivity index (χ4n) is 1.56. The summed E-state index contributed by atoms with van der Waals surface area (Å²) in [6.45, 7) is 6.20.